The summed E-state index contributed by atoms with van der Waals surface area (Å²) in [6, 6.07) is 0.916. The van der Waals surface area contributed by atoms with Gasteiger partial charge in [-0.3, -0.25) is 19.3 Å². The van der Waals surface area contributed by atoms with Crippen LogP contribution >= 0.6 is 0 Å². The minimum atomic E-state index is -0.992. The number of hydrogen-bond donors (Lipinski definition) is 2. The highest BCUT2D eigenvalue weighted by molar-refractivity contribution is 6.08. The minimum absolute atomic E-state index is 0.0340. The van der Waals surface area contributed by atoms with Gasteiger partial charge in [0.1, 0.15) is 17.9 Å². The number of urea groups is 1. The van der Waals surface area contributed by atoms with Gasteiger partial charge in [-0.15, -0.1) is 0 Å². The molecule has 9 heteroatoms. The molecule has 140 valence electrons. The van der Waals surface area contributed by atoms with Crippen LogP contribution in [0.3, 0.4) is 0 Å². The Bertz CT molecular complexity index is 816. The molecule has 0 unspecified atom stereocenters. The van der Waals surface area contributed by atoms with Crippen molar-refractivity contribution in [1.29, 1.82) is 0 Å². The van der Waals surface area contributed by atoms with E-state index < -0.39 is 17.5 Å². The second-order valence-electron chi connectivity index (χ2n) is 7.38. The smallest absolute Gasteiger partial charge is 0.325 e. The largest absolute Gasteiger partial charge is 0.340 e. The molecule has 2 fully saturated rings. The summed E-state index contributed by atoms with van der Waals surface area (Å²) < 4.78 is 0. The van der Waals surface area contributed by atoms with Crippen molar-refractivity contribution in [2.45, 2.75) is 45.1 Å². The van der Waals surface area contributed by atoms with E-state index in [2.05, 4.69) is 15.3 Å². The zero-order valence-electron chi connectivity index (χ0n) is 15.2. The van der Waals surface area contributed by atoms with E-state index in [0.29, 0.717) is 24.6 Å². The Morgan fingerprint density at radius 2 is 2.08 bits per heavy atom. The van der Waals surface area contributed by atoms with Crippen LogP contribution in [0.2, 0.25) is 0 Å². The Balaban J connectivity index is 1.69. The molecule has 0 radical (unpaired) electrons. The standard InChI is InChI=1S/C17H23N5O4/c1-10-18-12(7-13(23)19-10)11-5-4-6-21(8-11)14(24)9-22-15(25)17(2,3)20-16(22)26/h7,11H,4-6,8-9H2,1-3H3,(H,20,26)(H,18,19,23)/t11-/m0/s1. The van der Waals surface area contributed by atoms with Crippen molar-refractivity contribution < 1.29 is 14.4 Å². The van der Waals surface area contributed by atoms with E-state index in [1.807, 2.05) is 0 Å². The maximum absolute atomic E-state index is 12.6. The number of carbonyl (C=O) groups excluding carboxylic acids is 3. The van der Waals surface area contributed by atoms with Crippen LogP contribution in [-0.2, 0) is 9.59 Å². The first-order valence-electron chi connectivity index (χ1n) is 8.67. The molecule has 1 aromatic rings. The fourth-order valence-electron chi connectivity index (χ4n) is 3.45. The monoisotopic (exact) mass is 361 g/mol. The molecule has 0 aromatic carbocycles. The predicted molar refractivity (Wildman–Crippen MR) is 92.5 cm³/mol. The van der Waals surface area contributed by atoms with E-state index in [1.54, 1.807) is 25.7 Å². The molecule has 0 saturated carbocycles. The van der Waals surface area contributed by atoms with Crippen LogP contribution in [0.5, 0.6) is 0 Å². The van der Waals surface area contributed by atoms with E-state index in [4.69, 9.17) is 0 Å². The lowest BCUT2D eigenvalue weighted by molar-refractivity contribution is -0.139. The first-order valence-corrected chi connectivity index (χ1v) is 8.67. The molecule has 0 aliphatic carbocycles. The van der Waals surface area contributed by atoms with Crippen LogP contribution < -0.4 is 10.9 Å². The Labute approximate surface area is 150 Å². The number of imide groups is 1. The summed E-state index contributed by atoms with van der Waals surface area (Å²) in [5.41, 5.74) is -0.536. The van der Waals surface area contributed by atoms with Gasteiger partial charge in [0, 0.05) is 25.1 Å². The second-order valence-corrected chi connectivity index (χ2v) is 7.38. The summed E-state index contributed by atoms with van der Waals surface area (Å²) in [7, 11) is 0. The van der Waals surface area contributed by atoms with E-state index in [0.717, 1.165) is 17.7 Å². The molecule has 2 aliphatic heterocycles. The number of aromatic nitrogens is 2. The number of rotatable bonds is 3. The third-order valence-electron chi connectivity index (χ3n) is 4.81. The average Bonchev–Trinajstić information content (AvgIpc) is 2.76. The first kappa shape index (κ1) is 18.1. The fourth-order valence-corrected chi connectivity index (χ4v) is 3.45. The highest BCUT2D eigenvalue weighted by atomic mass is 16.2. The highest BCUT2D eigenvalue weighted by Gasteiger charge is 2.45. The van der Waals surface area contributed by atoms with Gasteiger partial charge in [0.15, 0.2) is 0 Å². The van der Waals surface area contributed by atoms with Crippen molar-refractivity contribution in [3.63, 3.8) is 0 Å². The van der Waals surface area contributed by atoms with Crippen LogP contribution in [-0.4, -0.2) is 62.8 Å². The number of H-pyrrole nitrogens is 1. The molecule has 26 heavy (non-hydrogen) atoms. The van der Waals surface area contributed by atoms with Crippen molar-refractivity contribution in [3.05, 3.63) is 27.9 Å². The lowest BCUT2D eigenvalue weighted by atomic mass is 9.94. The van der Waals surface area contributed by atoms with Gasteiger partial charge in [-0.05, 0) is 33.6 Å². The van der Waals surface area contributed by atoms with Crippen molar-refractivity contribution in [2.24, 2.45) is 0 Å². The number of amides is 4. The predicted octanol–water partition coefficient (Wildman–Crippen LogP) is 0.115. The quantitative estimate of drug-likeness (QED) is 0.742. The molecule has 0 bridgehead atoms. The number of aromatic amines is 1. The average molecular weight is 361 g/mol. The van der Waals surface area contributed by atoms with E-state index >= 15 is 0 Å². The Morgan fingerprint density at radius 1 is 1.35 bits per heavy atom. The third-order valence-corrected chi connectivity index (χ3v) is 4.81. The summed E-state index contributed by atoms with van der Waals surface area (Å²) in [4.78, 5) is 58.1. The summed E-state index contributed by atoms with van der Waals surface area (Å²) >= 11 is 0. The van der Waals surface area contributed by atoms with Gasteiger partial charge in [-0.2, -0.15) is 0 Å². The molecule has 1 aromatic heterocycles. The molecular formula is C17H23N5O4. The number of hydrogen-bond acceptors (Lipinski definition) is 5. The summed E-state index contributed by atoms with van der Waals surface area (Å²) in [5.74, 6) is -0.181. The molecule has 9 nitrogen and oxygen atoms in total. The number of carbonyl (C=O) groups is 3. The van der Waals surface area contributed by atoms with E-state index in [1.165, 1.54) is 6.07 Å². The molecule has 2 saturated heterocycles. The van der Waals surface area contributed by atoms with E-state index in [-0.39, 0.29) is 23.9 Å². The number of nitrogens with one attached hydrogen (secondary N) is 2. The summed E-state index contributed by atoms with van der Waals surface area (Å²) in [6.45, 7) is 5.64. The van der Waals surface area contributed by atoms with Gasteiger partial charge in [-0.25, -0.2) is 9.78 Å². The molecule has 4 amide bonds. The number of aryl methyl sites for hydroxylation is 1. The van der Waals surface area contributed by atoms with Crippen molar-refractivity contribution >= 4 is 17.8 Å². The van der Waals surface area contributed by atoms with Gasteiger partial charge in [0.05, 0.1) is 5.69 Å². The topological polar surface area (TPSA) is 115 Å². The van der Waals surface area contributed by atoms with Crippen molar-refractivity contribution in [1.82, 2.24) is 25.1 Å². The SMILES string of the molecule is Cc1nc([C@H]2CCCN(C(=O)CN3C(=O)NC(C)(C)C3=O)C2)cc(=O)[nH]1. The lowest BCUT2D eigenvalue weighted by Crippen LogP contribution is -2.47. The Kier molecular flexibility index (Phi) is 4.55. The van der Waals surface area contributed by atoms with Gasteiger partial charge < -0.3 is 15.2 Å². The molecule has 0 spiro atoms. The van der Waals surface area contributed by atoms with Crippen LogP contribution in [0, 0.1) is 6.92 Å². The zero-order chi connectivity index (χ0) is 19.1. The summed E-state index contributed by atoms with van der Waals surface area (Å²) in [6.07, 6.45) is 1.60. The van der Waals surface area contributed by atoms with E-state index in [9.17, 15) is 19.2 Å². The number of nitrogens with zero attached hydrogens (tertiary/aromatic N) is 3. The molecule has 2 aliphatic rings. The molecule has 1 atom stereocenters. The van der Waals surface area contributed by atoms with Crippen molar-refractivity contribution in [3.8, 4) is 0 Å². The number of likely N-dealkylation sites (tertiary alicyclic amines) is 1. The Morgan fingerprint density at radius 3 is 2.69 bits per heavy atom. The van der Waals surface area contributed by atoms with Gasteiger partial charge in [0.2, 0.25) is 5.91 Å². The Hall–Kier alpha value is -2.71. The zero-order valence-corrected chi connectivity index (χ0v) is 15.2. The molecule has 3 heterocycles. The fraction of sp³-hybridized carbons (Fsp3) is 0.588. The van der Waals surface area contributed by atoms with Gasteiger partial charge >= 0.3 is 6.03 Å². The van der Waals surface area contributed by atoms with Gasteiger partial charge in [0.25, 0.3) is 11.5 Å². The van der Waals surface area contributed by atoms with Crippen molar-refractivity contribution in [2.75, 3.05) is 19.6 Å². The third kappa shape index (κ3) is 3.47. The highest BCUT2D eigenvalue weighted by Crippen LogP contribution is 2.25. The summed E-state index contributed by atoms with van der Waals surface area (Å²) in [5, 5.41) is 2.57. The lowest BCUT2D eigenvalue weighted by Gasteiger charge is -2.33. The first-order chi connectivity index (χ1) is 12.2. The normalized spacial score (nSPS) is 22.5. The number of piperidine rings is 1. The molecular weight excluding hydrogens is 338 g/mol. The maximum Gasteiger partial charge on any atom is 0.325 e. The molecule has 2 N–H and O–H groups in total. The van der Waals surface area contributed by atoms with Crippen LogP contribution in [0.4, 0.5) is 4.79 Å². The van der Waals surface area contributed by atoms with Crippen LogP contribution in [0.25, 0.3) is 0 Å². The maximum atomic E-state index is 12.6. The second kappa shape index (κ2) is 6.54. The molecule has 3 rings (SSSR count). The van der Waals surface area contributed by atoms with Crippen LogP contribution in [0.15, 0.2) is 10.9 Å². The van der Waals surface area contributed by atoms with Gasteiger partial charge in [-0.1, -0.05) is 0 Å². The minimum Gasteiger partial charge on any atom is -0.340 e. The van der Waals surface area contributed by atoms with Crippen LogP contribution in [0.1, 0.15) is 44.1 Å².